The van der Waals surface area contributed by atoms with Gasteiger partial charge in [0.1, 0.15) is 37.1 Å². The van der Waals surface area contributed by atoms with Gasteiger partial charge in [-0.25, -0.2) is 4.79 Å². The number of benzene rings is 2. The number of carbonyl (C=O) groups is 2. The van der Waals surface area contributed by atoms with Crippen LogP contribution in [0.2, 0.25) is 0 Å². The number of ketones is 1. The van der Waals surface area contributed by atoms with E-state index >= 15 is 0 Å². The lowest BCUT2D eigenvalue weighted by atomic mass is 10.0. The average molecular weight is 372 g/mol. The van der Waals surface area contributed by atoms with Gasteiger partial charge in [0.25, 0.3) is 0 Å². The van der Waals surface area contributed by atoms with Gasteiger partial charge in [0.05, 0.1) is 12.2 Å². The molecule has 2 aromatic rings. The monoisotopic (exact) mass is 372 g/mol. The molecule has 0 unspecified atom stereocenters. The van der Waals surface area contributed by atoms with Crippen LogP contribution in [0.5, 0.6) is 17.2 Å². The van der Waals surface area contributed by atoms with Gasteiger partial charge in [-0.3, -0.25) is 4.79 Å². The lowest BCUT2D eigenvalue weighted by molar-refractivity contribution is -0.138. The maximum atomic E-state index is 12.5. The van der Waals surface area contributed by atoms with E-state index in [-0.39, 0.29) is 43.5 Å². The van der Waals surface area contributed by atoms with Crippen molar-refractivity contribution in [2.45, 2.75) is 0 Å². The van der Waals surface area contributed by atoms with E-state index in [4.69, 9.17) is 19.3 Å². The molecule has 7 heteroatoms. The minimum Gasteiger partial charge on any atom is -0.507 e. The summed E-state index contributed by atoms with van der Waals surface area (Å²) >= 11 is 0. The first kappa shape index (κ1) is 20.0. The van der Waals surface area contributed by atoms with Crippen molar-refractivity contribution in [2.75, 3.05) is 26.4 Å². The second-order valence-electron chi connectivity index (χ2n) is 5.32. The van der Waals surface area contributed by atoms with Crippen molar-refractivity contribution >= 4 is 11.8 Å². The number of carbonyl (C=O) groups excluding carboxylic acids is 2. The van der Waals surface area contributed by atoms with Gasteiger partial charge in [-0.15, -0.1) is 0 Å². The fraction of sp³-hybridized carbons (Fsp3) is 0.200. The van der Waals surface area contributed by atoms with E-state index in [0.29, 0.717) is 17.1 Å². The molecule has 0 bridgehead atoms. The summed E-state index contributed by atoms with van der Waals surface area (Å²) in [4.78, 5) is 23.4. The standard InChI is InChI=1S/C20H20O7/c1-2-19(23)27-12-11-26-16-7-8-17(18(22)13-16)20(24)14-3-5-15(6-4-14)25-10-9-21/h2-8,13,21-22H,1,9-12H2. The number of aromatic hydroxyl groups is 1. The molecule has 27 heavy (non-hydrogen) atoms. The van der Waals surface area contributed by atoms with E-state index in [9.17, 15) is 14.7 Å². The molecule has 7 nitrogen and oxygen atoms in total. The summed E-state index contributed by atoms with van der Waals surface area (Å²) in [5.74, 6) is -0.249. The van der Waals surface area contributed by atoms with Crippen LogP contribution in [0.3, 0.4) is 0 Å². The largest absolute Gasteiger partial charge is 0.507 e. The Bertz CT molecular complexity index is 796. The van der Waals surface area contributed by atoms with Crippen LogP contribution < -0.4 is 9.47 Å². The van der Waals surface area contributed by atoms with Gasteiger partial charge < -0.3 is 24.4 Å². The summed E-state index contributed by atoms with van der Waals surface area (Å²) in [6.45, 7) is 3.49. The predicted molar refractivity (Wildman–Crippen MR) is 97.2 cm³/mol. The number of phenols is 1. The Morgan fingerprint density at radius 2 is 1.63 bits per heavy atom. The Hall–Kier alpha value is -3.32. The first-order chi connectivity index (χ1) is 13.0. The second kappa shape index (κ2) is 9.98. The van der Waals surface area contributed by atoms with E-state index in [2.05, 4.69) is 6.58 Å². The maximum absolute atomic E-state index is 12.5. The molecule has 0 amide bonds. The highest BCUT2D eigenvalue weighted by Gasteiger charge is 2.14. The van der Waals surface area contributed by atoms with Crippen molar-refractivity contribution in [3.63, 3.8) is 0 Å². The lowest BCUT2D eigenvalue weighted by Gasteiger charge is -2.09. The number of aliphatic hydroxyl groups excluding tert-OH is 1. The van der Waals surface area contributed by atoms with Crippen LogP contribution in [0, 0.1) is 0 Å². The number of aliphatic hydroxyl groups is 1. The van der Waals surface area contributed by atoms with Crippen LogP contribution in [-0.2, 0) is 9.53 Å². The van der Waals surface area contributed by atoms with E-state index in [1.165, 1.54) is 12.1 Å². The number of phenolic OH excluding ortho intramolecular Hbond substituents is 1. The average Bonchev–Trinajstić information content (AvgIpc) is 2.69. The minimum absolute atomic E-state index is 0.0387. The molecular formula is C20H20O7. The van der Waals surface area contributed by atoms with Gasteiger partial charge >= 0.3 is 5.97 Å². The summed E-state index contributed by atoms with van der Waals surface area (Å²) in [5.41, 5.74) is 0.510. The molecular weight excluding hydrogens is 352 g/mol. The second-order valence-corrected chi connectivity index (χ2v) is 5.32. The van der Waals surface area contributed by atoms with Crippen LogP contribution in [0.1, 0.15) is 15.9 Å². The molecule has 2 aromatic carbocycles. The van der Waals surface area contributed by atoms with Crippen molar-refractivity contribution in [1.82, 2.24) is 0 Å². The fourth-order valence-electron chi connectivity index (χ4n) is 2.18. The Balaban J connectivity index is 1.98. The number of ether oxygens (including phenoxy) is 3. The molecule has 0 aliphatic heterocycles. The first-order valence-electron chi connectivity index (χ1n) is 8.18. The summed E-state index contributed by atoms with van der Waals surface area (Å²) in [6.07, 6.45) is 1.05. The van der Waals surface area contributed by atoms with Crippen LogP contribution in [0.15, 0.2) is 55.1 Å². The third-order valence-corrected chi connectivity index (χ3v) is 3.45. The zero-order valence-corrected chi connectivity index (χ0v) is 14.6. The Morgan fingerprint density at radius 1 is 0.963 bits per heavy atom. The third kappa shape index (κ3) is 5.86. The molecule has 0 heterocycles. The third-order valence-electron chi connectivity index (χ3n) is 3.45. The predicted octanol–water partition coefficient (Wildman–Crippen LogP) is 2.10. The van der Waals surface area contributed by atoms with Crippen molar-refractivity contribution in [2.24, 2.45) is 0 Å². The lowest BCUT2D eigenvalue weighted by Crippen LogP contribution is -2.10. The molecule has 2 N–H and O–H groups in total. The molecule has 0 saturated heterocycles. The zero-order valence-electron chi connectivity index (χ0n) is 14.6. The van der Waals surface area contributed by atoms with Crippen molar-refractivity contribution in [3.05, 3.63) is 66.2 Å². The van der Waals surface area contributed by atoms with Crippen LogP contribution in [-0.4, -0.2) is 48.4 Å². The summed E-state index contributed by atoms with van der Waals surface area (Å²) in [7, 11) is 0. The fourth-order valence-corrected chi connectivity index (χ4v) is 2.18. The maximum Gasteiger partial charge on any atom is 0.330 e. The Kier molecular flexibility index (Phi) is 7.39. The van der Waals surface area contributed by atoms with Gasteiger partial charge in [0, 0.05) is 17.7 Å². The number of esters is 1. The molecule has 0 aliphatic rings. The van der Waals surface area contributed by atoms with Gasteiger partial charge in [0.15, 0.2) is 5.78 Å². The van der Waals surface area contributed by atoms with Crippen molar-refractivity contribution in [1.29, 1.82) is 0 Å². The van der Waals surface area contributed by atoms with Gasteiger partial charge in [-0.1, -0.05) is 6.58 Å². The summed E-state index contributed by atoms with van der Waals surface area (Å²) in [6, 6.07) is 10.7. The van der Waals surface area contributed by atoms with Crippen molar-refractivity contribution in [3.8, 4) is 17.2 Å². The molecule has 0 spiro atoms. The molecule has 0 aliphatic carbocycles. The first-order valence-corrected chi connectivity index (χ1v) is 8.18. The molecule has 0 fully saturated rings. The highest BCUT2D eigenvalue weighted by Crippen LogP contribution is 2.26. The van der Waals surface area contributed by atoms with Crippen LogP contribution in [0.25, 0.3) is 0 Å². The highest BCUT2D eigenvalue weighted by atomic mass is 16.6. The number of rotatable bonds is 10. The van der Waals surface area contributed by atoms with Gasteiger partial charge in [-0.05, 0) is 36.4 Å². The van der Waals surface area contributed by atoms with Crippen molar-refractivity contribution < 1.29 is 34.0 Å². The van der Waals surface area contributed by atoms with Gasteiger partial charge in [-0.2, -0.15) is 0 Å². The Morgan fingerprint density at radius 3 is 2.26 bits per heavy atom. The summed E-state index contributed by atoms with van der Waals surface area (Å²) < 4.78 is 15.4. The van der Waals surface area contributed by atoms with E-state index < -0.39 is 5.97 Å². The zero-order chi connectivity index (χ0) is 19.6. The smallest absolute Gasteiger partial charge is 0.330 e. The van der Waals surface area contributed by atoms with Crippen LogP contribution >= 0.6 is 0 Å². The molecule has 0 radical (unpaired) electrons. The molecule has 0 aromatic heterocycles. The quantitative estimate of drug-likeness (QED) is 0.285. The normalized spacial score (nSPS) is 10.1. The molecule has 0 atom stereocenters. The minimum atomic E-state index is -0.546. The SMILES string of the molecule is C=CC(=O)OCCOc1ccc(C(=O)c2ccc(OCCO)cc2)c(O)c1. The van der Waals surface area contributed by atoms with Crippen LogP contribution in [0.4, 0.5) is 0 Å². The molecule has 2 rings (SSSR count). The number of hydrogen-bond acceptors (Lipinski definition) is 7. The van der Waals surface area contributed by atoms with E-state index in [1.807, 2.05) is 0 Å². The Labute approximate surface area is 156 Å². The summed E-state index contributed by atoms with van der Waals surface area (Å²) in [5, 5.41) is 18.9. The molecule has 142 valence electrons. The van der Waals surface area contributed by atoms with Gasteiger partial charge in [0.2, 0.25) is 0 Å². The topological polar surface area (TPSA) is 102 Å². The number of hydrogen-bond donors (Lipinski definition) is 2. The van der Waals surface area contributed by atoms with E-state index in [1.54, 1.807) is 30.3 Å². The molecule has 0 saturated carbocycles. The highest BCUT2D eigenvalue weighted by molar-refractivity contribution is 6.10. The van der Waals surface area contributed by atoms with E-state index in [0.717, 1.165) is 6.08 Å².